The zero-order valence-electron chi connectivity index (χ0n) is 18.6. The van der Waals surface area contributed by atoms with Gasteiger partial charge in [0.1, 0.15) is 0 Å². The first kappa shape index (κ1) is 23.1. The molecule has 5 nitrogen and oxygen atoms in total. The van der Waals surface area contributed by atoms with E-state index < -0.39 is 10.0 Å². The van der Waals surface area contributed by atoms with Gasteiger partial charge in [-0.05, 0) is 68.6 Å². The monoisotopic (exact) mass is 494 g/mol. The lowest BCUT2D eigenvalue weighted by Crippen LogP contribution is -2.48. The molecular formula is C24H34N2O3S3. The van der Waals surface area contributed by atoms with E-state index in [9.17, 15) is 13.2 Å². The van der Waals surface area contributed by atoms with E-state index in [1.165, 1.54) is 30.8 Å². The molecule has 1 aromatic carbocycles. The number of sulfonamides is 1. The van der Waals surface area contributed by atoms with Crippen molar-refractivity contribution in [2.24, 2.45) is 17.8 Å². The van der Waals surface area contributed by atoms with Crippen molar-refractivity contribution in [1.82, 2.24) is 4.31 Å². The fourth-order valence-corrected chi connectivity index (χ4v) is 11.7. The molecule has 2 saturated carbocycles. The molecule has 2 unspecified atom stereocenters. The third-order valence-corrected chi connectivity index (χ3v) is 13.7. The SMILES string of the molecule is O=C(Nc1cccc(S(=O)(=O)N2CCCCCC2)c1)C1CC2CCCC(C1)C21SCCS1. The molecule has 2 saturated heterocycles. The van der Waals surface area contributed by atoms with Crippen LogP contribution >= 0.6 is 23.5 Å². The summed E-state index contributed by atoms with van der Waals surface area (Å²) < 4.78 is 28.3. The molecule has 2 atom stereocenters. The number of thioether (sulfide) groups is 2. The number of carbonyl (C=O) groups is 1. The van der Waals surface area contributed by atoms with Crippen LogP contribution in [0, 0.1) is 17.8 Å². The van der Waals surface area contributed by atoms with Gasteiger partial charge in [-0.1, -0.05) is 25.3 Å². The zero-order chi connectivity index (χ0) is 22.2. The molecular weight excluding hydrogens is 460 g/mol. The predicted octanol–water partition coefficient (Wildman–Crippen LogP) is 5.19. The van der Waals surface area contributed by atoms with Crippen LogP contribution < -0.4 is 5.32 Å². The van der Waals surface area contributed by atoms with E-state index in [0.717, 1.165) is 38.5 Å². The molecule has 1 aromatic rings. The first-order valence-corrected chi connectivity index (χ1v) is 15.6. The Bertz CT molecular complexity index is 922. The molecule has 0 aromatic heterocycles. The van der Waals surface area contributed by atoms with Gasteiger partial charge in [-0.25, -0.2) is 8.42 Å². The third kappa shape index (κ3) is 4.37. The van der Waals surface area contributed by atoms with E-state index in [-0.39, 0.29) is 16.7 Å². The molecule has 32 heavy (non-hydrogen) atoms. The molecule has 0 radical (unpaired) electrons. The summed E-state index contributed by atoms with van der Waals surface area (Å²) in [4.78, 5) is 13.5. The number of nitrogens with zero attached hydrogens (tertiary/aromatic N) is 1. The lowest BCUT2D eigenvalue weighted by Gasteiger charge is -2.52. The fourth-order valence-electron chi connectivity index (χ4n) is 6.23. The van der Waals surface area contributed by atoms with E-state index in [2.05, 4.69) is 28.8 Å². The Morgan fingerprint density at radius 2 is 1.62 bits per heavy atom. The van der Waals surface area contributed by atoms with Gasteiger partial charge in [0.15, 0.2) is 0 Å². The largest absolute Gasteiger partial charge is 0.326 e. The molecule has 4 fully saturated rings. The highest BCUT2D eigenvalue weighted by atomic mass is 32.2. The molecule has 2 aliphatic heterocycles. The normalized spacial score (nSPS) is 30.7. The van der Waals surface area contributed by atoms with Gasteiger partial charge in [-0.3, -0.25) is 4.79 Å². The first-order valence-electron chi connectivity index (χ1n) is 12.2. The van der Waals surface area contributed by atoms with Crippen LogP contribution in [0.15, 0.2) is 29.2 Å². The van der Waals surface area contributed by atoms with Crippen molar-refractivity contribution < 1.29 is 13.2 Å². The number of rotatable bonds is 4. The molecule has 2 bridgehead atoms. The van der Waals surface area contributed by atoms with E-state index in [0.29, 0.717) is 34.7 Å². The maximum Gasteiger partial charge on any atom is 0.243 e. The summed E-state index contributed by atoms with van der Waals surface area (Å²) >= 11 is 4.31. The summed E-state index contributed by atoms with van der Waals surface area (Å²) in [6.07, 6.45) is 9.71. The van der Waals surface area contributed by atoms with Gasteiger partial charge in [0.25, 0.3) is 0 Å². The maximum absolute atomic E-state index is 13.2. The fraction of sp³-hybridized carbons (Fsp3) is 0.708. The van der Waals surface area contributed by atoms with Crippen molar-refractivity contribution in [1.29, 1.82) is 0 Å². The molecule has 1 spiro atoms. The highest BCUT2D eigenvalue weighted by Crippen LogP contribution is 2.64. The van der Waals surface area contributed by atoms with Gasteiger partial charge in [-0.15, -0.1) is 23.5 Å². The zero-order valence-corrected chi connectivity index (χ0v) is 21.1. The maximum atomic E-state index is 13.2. The number of carbonyl (C=O) groups excluding carboxylic acids is 1. The summed E-state index contributed by atoms with van der Waals surface area (Å²) in [5, 5.41) is 3.07. The van der Waals surface area contributed by atoms with Crippen molar-refractivity contribution in [3.8, 4) is 0 Å². The van der Waals surface area contributed by atoms with E-state index >= 15 is 0 Å². The Labute approximate surface area is 200 Å². The van der Waals surface area contributed by atoms with Crippen LogP contribution in [0.5, 0.6) is 0 Å². The smallest absolute Gasteiger partial charge is 0.243 e. The second-order valence-corrected chi connectivity index (χ2v) is 14.7. The van der Waals surface area contributed by atoms with Crippen LogP contribution in [0.1, 0.15) is 57.8 Å². The highest BCUT2D eigenvalue weighted by molar-refractivity contribution is 8.21. The molecule has 2 heterocycles. The molecule has 176 valence electrons. The number of hydrogen-bond acceptors (Lipinski definition) is 5. The van der Waals surface area contributed by atoms with Gasteiger partial charge in [-0.2, -0.15) is 4.31 Å². The third-order valence-electron chi connectivity index (χ3n) is 7.80. The predicted molar refractivity (Wildman–Crippen MR) is 134 cm³/mol. The van der Waals surface area contributed by atoms with Crippen LogP contribution in [0.2, 0.25) is 0 Å². The number of benzene rings is 1. The summed E-state index contributed by atoms with van der Waals surface area (Å²) in [6.45, 7) is 1.17. The molecule has 1 N–H and O–H groups in total. The highest BCUT2D eigenvalue weighted by Gasteiger charge is 2.55. The quantitative estimate of drug-likeness (QED) is 0.624. The molecule has 4 aliphatic rings. The minimum atomic E-state index is -3.52. The standard InChI is InChI=1S/C24H34N2O3S3/c27-23(18-15-19-7-5-8-20(16-18)24(19)30-13-14-31-24)25-21-9-6-10-22(17-21)32(28,29)26-11-3-1-2-4-12-26/h6,9-10,17-20H,1-5,7-8,11-16H2,(H,25,27). The number of nitrogens with one attached hydrogen (secondary N) is 1. The summed E-state index contributed by atoms with van der Waals surface area (Å²) in [5.41, 5.74) is 0.598. The molecule has 8 heteroatoms. The second-order valence-electron chi connectivity index (χ2n) is 9.75. The van der Waals surface area contributed by atoms with Crippen LogP contribution in [-0.4, -0.2) is 47.3 Å². The van der Waals surface area contributed by atoms with Gasteiger partial charge >= 0.3 is 0 Å². The molecule has 1 amide bonds. The summed E-state index contributed by atoms with van der Waals surface area (Å²) in [7, 11) is -3.52. The molecule has 5 rings (SSSR count). The van der Waals surface area contributed by atoms with Crippen LogP contribution in [-0.2, 0) is 14.8 Å². The van der Waals surface area contributed by atoms with E-state index in [4.69, 9.17) is 0 Å². The Morgan fingerprint density at radius 1 is 0.969 bits per heavy atom. The Morgan fingerprint density at radius 3 is 2.28 bits per heavy atom. The van der Waals surface area contributed by atoms with Gasteiger partial charge in [0.2, 0.25) is 15.9 Å². The number of anilines is 1. The Balaban J connectivity index is 1.28. The first-order chi connectivity index (χ1) is 15.5. The van der Waals surface area contributed by atoms with Gasteiger partial charge < -0.3 is 5.32 Å². The summed E-state index contributed by atoms with van der Waals surface area (Å²) in [5.74, 6) is 3.83. The lowest BCUT2D eigenvalue weighted by atomic mass is 9.67. The Hall–Kier alpha value is -0.700. The summed E-state index contributed by atoms with van der Waals surface area (Å²) in [6, 6.07) is 6.86. The second kappa shape index (κ2) is 9.51. The van der Waals surface area contributed by atoms with Crippen molar-refractivity contribution in [3.05, 3.63) is 24.3 Å². The molecule has 2 aliphatic carbocycles. The van der Waals surface area contributed by atoms with E-state index in [1.807, 2.05) is 6.07 Å². The number of hydrogen-bond donors (Lipinski definition) is 1. The topological polar surface area (TPSA) is 66.5 Å². The minimum Gasteiger partial charge on any atom is -0.326 e. The van der Waals surface area contributed by atoms with Crippen molar-refractivity contribution in [3.63, 3.8) is 0 Å². The average molecular weight is 495 g/mol. The van der Waals surface area contributed by atoms with Crippen molar-refractivity contribution in [2.45, 2.75) is 66.8 Å². The lowest BCUT2D eigenvalue weighted by molar-refractivity contribution is -0.122. The minimum absolute atomic E-state index is 0.0311. The van der Waals surface area contributed by atoms with Crippen LogP contribution in [0.3, 0.4) is 0 Å². The van der Waals surface area contributed by atoms with Crippen LogP contribution in [0.25, 0.3) is 0 Å². The number of amides is 1. The van der Waals surface area contributed by atoms with Crippen molar-refractivity contribution in [2.75, 3.05) is 29.9 Å². The van der Waals surface area contributed by atoms with Crippen LogP contribution in [0.4, 0.5) is 5.69 Å². The van der Waals surface area contributed by atoms with Gasteiger partial charge in [0.05, 0.1) is 8.97 Å². The van der Waals surface area contributed by atoms with Crippen molar-refractivity contribution >= 4 is 45.1 Å². The Kier molecular flexibility index (Phi) is 6.85. The average Bonchev–Trinajstić information content (AvgIpc) is 3.06. The van der Waals surface area contributed by atoms with Gasteiger partial charge in [0, 0.05) is 36.2 Å². The van der Waals surface area contributed by atoms with E-state index in [1.54, 1.807) is 22.5 Å².